The Morgan fingerprint density at radius 1 is 1.23 bits per heavy atom. The Labute approximate surface area is 166 Å². The second kappa shape index (κ2) is 10.2. The number of carbonyl (C=O) groups is 2. The summed E-state index contributed by atoms with van der Waals surface area (Å²) in [6.07, 6.45) is 5.39. The van der Waals surface area contributed by atoms with Crippen molar-refractivity contribution in [1.82, 2.24) is 9.80 Å². The number of halogens is 2. The first-order valence-corrected chi connectivity index (χ1v) is 10.2. The van der Waals surface area contributed by atoms with Gasteiger partial charge in [0.15, 0.2) is 0 Å². The van der Waals surface area contributed by atoms with Crippen LogP contribution in [-0.2, 0) is 16.0 Å². The zero-order chi connectivity index (χ0) is 19.1. The highest BCUT2D eigenvalue weighted by Gasteiger charge is 2.25. The van der Waals surface area contributed by atoms with Gasteiger partial charge < -0.3 is 9.80 Å². The molecular weight excluding hydrogens is 371 g/mol. The van der Waals surface area contributed by atoms with Crippen molar-refractivity contribution in [1.29, 1.82) is 0 Å². The number of hydrogen-bond donors (Lipinski definition) is 0. The number of rotatable bonds is 7. The molecule has 0 saturated carbocycles. The number of benzene rings is 1. The van der Waals surface area contributed by atoms with Gasteiger partial charge in [-0.2, -0.15) is 0 Å². The Hall–Kier alpha value is -1.26. The standard InChI is InChI=1S/C20H28Cl2N2O2/c1-3-18-6-4-5-11-24(18)20(26)10-13-23(15(2)25)12-9-16-7-8-17(21)14-19(16)22/h7-8,14,18H,3-6,9-13H2,1-2H3. The van der Waals surface area contributed by atoms with Crippen molar-refractivity contribution in [3.8, 4) is 0 Å². The van der Waals surface area contributed by atoms with Crippen LogP contribution in [0.2, 0.25) is 10.0 Å². The number of hydrogen-bond acceptors (Lipinski definition) is 2. The summed E-state index contributed by atoms with van der Waals surface area (Å²) in [7, 11) is 0. The van der Waals surface area contributed by atoms with Crippen LogP contribution in [0.4, 0.5) is 0 Å². The Kier molecular flexibility index (Phi) is 8.23. The van der Waals surface area contributed by atoms with Crippen molar-refractivity contribution in [3.63, 3.8) is 0 Å². The van der Waals surface area contributed by atoms with E-state index in [1.54, 1.807) is 24.0 Å². The van der Waals surface area contributed by atoms with Crippen molar-refractivity contribution in [3.05, 3.63) is 33.8 Å². The molecule has 2 rings (SSSR count). The van der Waals surface area contributed by atoms with Gasteiger partial charge in [0, 0.05) is 49.1 Å². The lowest BCUT2D eigenvalue weighted by molar-refractivity contribution is -0.136. The van der Waals surface area contributed by atoms with E-state index in [0.29, 0.717) is 42.0 Å². The first-order chi connectivity index (χ1) is 12.4. The molecule has 26 heavy (non-hydrogen) atoms. The number of amides is 2. The van der Waals surface area contributed by atoms with Gasteiger partial charge in [-0.3, -0.25) is 9.59 Å². The van der Waals surface area contributed by atoms with E-state index in [9.17, 15) is 9.59 Å². The Morgan fingerprint density at radius 3 is 2.65 bits per heavy atom. The van der Waals surface area contributed by atoms with Crippen LogP contribution < -0.4 is 0 Å². The minimum absolute atomic E-state index is 0.0198. The minimum Gasteiger partial charge on any atom is -0.342 e. The first kappa shape index (κ1) is 21.0. The number of nitrogens with zero attached hydrogens (tertiary/aromatic N) is 2. The molecule has 1 aromatic rings. The monoisotopic (exact) mass is 398 g/mol. The molecule has 0 bridgehead atoms. The van der Waals surface area contributed by atoms with Gasteiger partial charge in [0.1, 0.15) is 0 Å². The smallest absolute Gasteiger partial charge is 0.224 e. The van der Waals surface area contributed by atoms with Crippen molar-refractivity contribution in [2.45, 2.75) is 58.4 Å². The lowest BCUT2D eigenvalue weighted by Crippen LogP contribution is -2.45. The summed E-state index contributed by atoms with van der Waals surface area (Å²) in [5.74, 6) is 0.140. The van der Waals surface area contributed by atoms with Crippen molar-refractivity contribution in [2.24, 2.45) is 0 Å². The summed E-state index contributed by atoms with van der Waals surface area (Å²) < 4.78 is 0. The fourth-order valence-electron chi connectivity index (χ4n) is 3.53. The SMILES string of the molecule is CCC1CCCCN1C(=O)CCN(CCc1ccc(Cl)cc1Cl)C(C)=O. The predicted molar refractivity (Wildman–Crippen MR) is 107 cm³/mol. The summed E-state index contributed by atoms with van der Waals surface area (Å²) in [5.41, 5.74) is 0.954. The highest BCUT2D eigenvalue weighted by Crippen LogP contribution is 2.22. The molecule has 1 saturated heterocycles. The molecule has 0 radical (unpaired) electrons. The van der Waals surface area contributed by atoms with Gasteiger partial charge in [0.05, 0.1) is 0 Å². The van der Waals surface area contributed by atoms with Gasteiger partial charge in [-0.05, 0) is 49.8 Å². The van der Waals surface area contributed by atoms with E-state index in [1.165, 1.54) is 6.42 Å². The molecule has 0 aromatic heterocycles. The van der Waals surface area contributed by atoms with E-state index in [2.05, 4.69) is 6.92 Å². The van der Waals surface area contributed by atoms with Gasteiger partial charge in [-0.15, -0.1) is 0 Å². The zero-order valence-electron chi connectivity index (χ0n) is 15.6. The van der Waals surface area contributed by atoms with Crippen LogP contribution in [0, 0.1) is 0 Å². The van der Waals surface area contributed by atoms with E-state index in [4.69, 9.17) is 23.2 Å². The largest absolute Gasteiger partial charge is 0.342 e. The summed E-state index contributed by atoms with van der Waals surface area (Å²) >= 11 is 12.1. The van der Waals surface area contributed by atoms with Crippen LogP contribution in [0.5, 0.6) is 0 Å². The minimum atomic E-state index is -0.0198. The maximum atomic E-state index is 12.6. The molecule has 1 atom stereocenters. The average Bonchev–Trinajstić information content (AvgIpc) is 2.62. The first-order valence-electron chi connectivity index (χ1n) is 9.41. The Bertz CT molecular complexity index is 636. The summed E-state index contributed by atoms with van der Waals surface area (Å²) in [6, 6.07) is 5.75. The Morgan fingerprint density at radius 2 is 2.00 bits per heavy atom. The van der Waals surface area contributed by atoms with Gasteiger partial charge in [-0.25, -0.2) is 0 Å². The quantitative estimate of drug-likeness (QED) is 0.674. The fraction of sp³-hybridized carbons (Fsp3) is 0.600. The van der Waals surface area contributed by atoms with Gasteiger partial charge in [0.2, 0.25) is 11.8 Å². The van der Waals surface area contributed by atoms with Gasteiger partial charge >= 0.3 is 0 Å². The molecule has 1 unspecified atom stereocenters. The van der Waals surface area contributed by atoms with E-state index < -0.39 is 0 Å². The van der Waals surface area contributed by atoms with E-state index in [0.717, 1.165) is 31.4 Å². The molecule has 2 amide bonds. The second-order valence-corrected chi connectivity index (χ2v) is 7.73. The van der Waals surface area contributed by atoms with Crippen LogP contribution in [-0.4, -0.2) is 47.3 Å². The number of likely N-dealkylation sites (tertiary alicyclic amines) is 1. The molecular formula is C20H28Cl2N2O2. The zero-order valence-corrected chi connectivity index (χ0v) is 17.2. The lowest BCUT2D eigenvalue weighted by atomic mass is 9.99. The molecule has 0 aliphatic carbocycles. The third-order valence-corrected chi connectivity index (χ3v) is 5.71. The third-order valence-electron chi connectivity index (χ3n) is 5.13. The fourth-order valence-corrected chi connectivity index (χ4v) is 4.04. The summed E-state index contributed by atoms with van der Waals surface area (Å²) in [5, 5.41) is 1.20. The van der Waals surface area contributed by atoms with Crippen LogP contribution in [0.25, 0.3) is 0 Å². The number of piperidine rings is 1. The van der Waals surface area contributed by atoms with E-state index in [1.807, 2.05) is 11.0 Å². The Balaban J connectivity index is 1.89. The van der Waals surface area contributed by atoms with Crippen LogP contribution >= 0.6 is 23.2 Å². The average molecular weight is 399 g/mol. The van der Waals surface area contributed by atoms with Crippen molar-refractivity contribution < 1.29 is 9.59 Å². The van der Waals surface area contributed by atoms with Crippen LogP contribution in [0.3, 0.4) is 0 Å². The van der Waals surface area contributed by atoms with E-state index in [-0.39, 0.29) is 11.8 Å². The lowest BCUT2D eigenvalue weighted by Gasteiger charge is -2.36. The maximum Gasteiger partial charge on any atom is 0.224 e. The molecule has 1 aliphatic heterocycles. The molecule has 0 N–H and O–H groups in total. The summed E-state index contributed by atoms with van der Waals surface area (Å²) in [6.45, 7) is 5.52. The topological polar surface area (TPSA) is 40.6 Å². The predicted octanol–water partition coefficient (Wildman–Crippen LogP) is 4.57. The van der Waals surface area contributed by atoms with Crippen molar-refractivity contribution in [2.75, 3.05) is 19.6 Å². The van der Waals surface area contributed by atoms with Crippen LogP contribution in [0.15, 0.2) is 18.2 Å². The molecule has 1 aliphatic rings. The van der Waals surface area contributed by atoms with Gasteiger partial charge in [-0.1, -0.05) is 36.2 Å². The molecule has 4 nitrogen and oxygen atoms in total. The van der Waals surface area contributed by atoms with E-state index >= 15 is 0 Å². The third kappa shape index (κ3) is 5.88. The maximum absolute atomic E-state index is 12.6. The number of carbonyl (C=O) groups excluding carboxylic acids is 2. The molecule has 6 heteroatoms. The highest BCUT2D eigenvalue weighted by molar-refractivity contribution is 6.35. The van der Waals surface area contributed by atoms with Crippen LogP contribution in [0.1, 0.15) is 51.5 Å². The normalized spacial score (nSPS) is 17.2. The van der Waals surface area contributed by atoms with Gasteiger partial charge in [0.25, 0.3) is 0 Å². The molecule has 144 valence electrons. The molecule has 1 aromatic carbocycles. The molecule has 0 spiro atoms. The van der Waals surface area contributed by atoms with Crippen molar-refractivity contribution >= 4 is 35.0 Å². The summed E-state index contributed by atoms with van der Waals surface area (Å²) in [4.78, 5) is 28.3. The second-order valence-electron chi connectivity index (χ2n) is 6.89. The molecule has 1 heterocycles. The molecule has 1 fully saturated rings. The highest BCUT2D eigenvalue weighted by atomic mass is 35.5.